The summed E-state index contributed by atoms with van der Waals surface area (Å²) in [6.45, 7) is 2.42. The molecule has 0 unspecified atom stereocenters. The molecule has 0 radical (unpaired) electrons. The molecule has 1 aliphatic heterocycles. The van der Waals surface area contributed by atoms with Crippen molar-refractivity contribution in [3.05, 3.63) is 65.4 Å². The van der Waals surface area contributed by atoms with Crippen molar-refractivity contribution in [2.24, 2.45) is 0 Å². The lowest BCUT2D eigenvalue weighted by atomic mass is 10.1. The molecule has 1 aliphatic rings. The van der Waals surface area contributed by atoms with Gasteiger partial charge in [-0.1, -0.05) is 41.6 Å². The van der Waals surface area contributed by atoms with Crippen LogP contribution < -0.4 is 9.47 Å². The summed E-state index contributed by atoms with van der Waals surface area (Å²) >= 11 is 0. The molecule has 0 atom stereocenters. The lowest BCUT2D eigenvalue weighted by Crippen LogP contribution is -2.27. The van der Waals surface area contributed by atoms with Gasteiger partial charge in [-0.2, -0.15) is 0 Å². The molecule has 0 saturated heterocycles. The number of amides is 1. The maximum Gasteiger partial charge on any atom is 0.259 e. The lowest BCUT2D eigenvalue weighted by Gasteiger charge is -2.17. The van der Waals surface area contributed by atoms with Crippen LogP contribution in [0.5, 0.6) is 11.5 Å². The summed E-state index contributed by atoms with van der Waals surface area (Å²) in [5.74, 6) is 1.80. The second kappa shape index (κ2) is 6.55. The van der Waals surface area contributed by atoms with Gasteiger partial charge in [-0.15, -0.1) is 0 Å². The van der Waals surface area contributed by atoms with Crippen molar-refractivity contribution in [1.82, 2.24) is 10.1 Å². The molecule has 0 N–H and O–H groups in total. The first-order valence-electron chi connectivity index (χ1n) is 8.29. The first kappa shape index (κ1) is 16.2. The van der Waals surface area contributed by atoms with Gasteiger partial charge in [0, 0.05) is 19.2 Å². The van der Waals surface area contributed by atoms with Gasteiger partial charge >= 0.3 is 0 Å². The van der Waals surface area contributed by atoms with E-state index in [2.05, 4.69) is 5.16 Å². The fourth-order valence-electron chi connectivity index (χ4n) is 2.99. The third kappa shape index (κ3) is 2.90. The topological polar surface area (TPSA) is 64.8 Å². The molecule has 26 heavy (non-hydrogen) atoms. The second-order valence-electron chi connectivity index (χ2n) is 6.18. The number of aromatic nitrogens is 1. The largest absolute Gasteiger partial charge is 0.454 e. The van der Waals surface area contributed by atoms with E-state index in [0.717, 1.165) is 16.9 Å². The molecule has 0 saturated carbocycles. The van der Waals surface area contributed by atoms with Crippen LogP contribution in [-0.4, -0.2) is 29.8 Å². The minimum Gasteiger partial charge on any atom is -0.454 e. The van der Waals surface area contributed by atoms with Gasteiger partial charge in [0.2, 0.25) is 6.79 Å². The number of carbonyl (C=O) groups is 1. The van der Waals surface area contributed by atoms with Gasteiger partial charge in [0.05, 0.1) is 0 Å². The van der Waals surface area contributed by atoms with Crippen molar-refractivity contribution in [1.29, 1.82) is 0 Å². The molecule has 0 bridgehead atoms. The Labute approximate surface area is 150 Å². The van der Waals surface area contributed by atoms with Crippen molar-refractivity contribution >= 4 is 5.91 Å². The van der Waals surface area contributed by atoms with Crippen molar-refractivity contribution in [2.75, 3.05) is 13.8 Å². The van der Waals surface area contributed by atoms with E-state index in [-0.39, 0.29) is 12.7 Å². The van der Waals surface area contributed by atoms with Crippen molar-refractivity contribution in [2.45, 2.75) is 13.5 Å². The summed E-state index contributed by atoms with van der Waals surface area (Å²) in [5, 5.41) is 4.08. The summed E-state index contributed by atoms with van der Waals surface area (Å²) in [4.78, 5) is 14.7. The molecule has 0 aliphatic carbocycles. The number of hydrogen-bond donors (Lipinski definition) is 0. The van der Waals surface area contributed by atoms with E-state index in [0.29, 0.717) is 29.3 Å². The number of aryl methyl sites for hydroxylation is 1. The molecule has 132 valence electrons. The third-order valence-electron chi connectivity index (χ3n) is 4.33. The van der Waals surface area contributed by atoms with E-state index in [1.807, 2.05) is 48.5 Å². The Morgan fingerprint density at radius 3 is 2.69 bits per heavy atom. The highest BCUT2D eigenvalue weighted by Gasteiger charge is 2.24. The van der Waals surface area contributed by atoms with Crippen LogP contribution in [0, 0.1) is 6.92 Å². The summed E-state index contributed by atoms with van der Waals surface area (Å²) in [5.41, 5.74) is 2.86. The molecule has 4 rings (SSSR count). The average molecular weight is 350 g/mol. The zero-order valence-corrected chi connectivity index (χ0v) is 14.6. The highest BCUT2D eigenvalue weighted by molar-refractivity contribution is 6.00. The number of ether oxygens (including phenoxy) is 2. The number of fused-ring (bicyclic) bond motifs is 1. The predicted molar refractivity (Wildman–Crippen MR) is 95.0 cm³/mol. The van der Waals surface area contributed by atoms with E-state index in [4.69, 9.17) is 14.0 Å². The lowest BCUT2D eigenvalue weighted by molar-refractivity contribution is 0.0784. The first-order valence-corrected chi connectivity index (χ1v) is 8.29. The van der Waals surface area contributed by atoms with Gasteiger partial charge < -0.3 is 18.9 Å². The Kier molecular flexibility index (Phi) is 4.08. The zero-order valence-electron chi connectivity index (χ0n) is 14.6. The molecular formula is C20H18N2O4. The van der Waals surface area contributed by atoms with Crippen LogP contribution >= 0.6 is 0 Å². The maximum absolute atomic E-state index is 13.0. The van der Waals surface area contributed by atoms with Crippen LogP contribution in [0.1, 0.15) is 21.7 Å². The first-order chi connectivity index (χ1) is 12.6. The Hall–Kier alpha value is -3.28. The molecule has 2 aromatic carbocycles. The Morgan fingerprint density at radius 2 is 1.88 bits per heavy atom. The smallest absolute Gasteiger partial charge is 0.259 e. The van der Waals surface area contributed by atoms with E-state index < -0.39 is 0 Å². The molecule has 1 aromatic heterocycles. The van der Waals surface area contributed by atoms with Gasteiger partial charge in [-0.3, -0.25) is 4.79 Å². The molecular weight excluding hydrogens is 332 g/mol. The van der Waals surface area contributed by atoms with E-state index in [1.54, 1.807) is 18.9 Å². The predicted octanol–water partition coefficient (Wildman–Crippen LogP) is 3.65. The molecule has 6 heteroatoms. The van der Waals surface area contributed by atoms with Gasteiger partial charge in [0.15, 0.2) is 11.5 Å². The fraction of sp³-hybridized carbons (Fsp3) is 0.200. The van der Waals surface area contributed by atoms with Crippen LogP contribution in [0.2, 0.25) is 0 Å². The standard InChI is InChI=1S/C20H18N2O4/c1-13-18(19(21-26-13)15-6-4-3-5-7-15)20(23)22(2)11-14-8-9-16-17(10-14)25-12-24-16/h3-10H,11-12H2,1-2H3. The Morgan fingerprint density at radius 1 is 1.12 bits per heavy atom. The van der Waals surface area contributed by atoms with Crippen LogP contribution in [0.15, 0.2) is 53.1 Å². The Balaban J connectivity index is 1.59. The number of carbonyl (C=O) groups excluding carboxylic acids is 1. The van der Waals surface area contributed by atoms with Crippen molar-refractivity contribution in [3.63, 3.8) is 0 Å². The van der Waals surface area contributed by atoms with Gasteiger partial charge in [0.25, 0.3) is 5.91 Å². The number of benzene rings is 2. The highest BCUT2D eigenvalue weighted by atomic mass is 16.7. The van der Waals surface area contributed by atoms with Crippen molar-refractivity contribution in [3.8, 4) is 22.8 Å². The minimum atomic E-state index is -0.139. The summed E-state index contributed by atoms with van der Waals surface area (Å²) in [6, 6.07) is 15.2. The molecule has 3 aromatic rings. The van der Waals surface area contributed by atoms with E-state index in [1.165, 1.54) is 0 Å². The normalized spacial score (nSPS) is 12.2. The summed E-state index contributed by atoms with van der Waals surface area (Å²) in [7, 11) is 1.76. The monoisotopic (exact) mass is 350 g/mol. The van der Waals surface area contributed by atoms with Crippen LogP contribution in [0.4, 0.5) is 0 Å². The van der Waals surface area contributed by atoms with E-state index >= 15 is 0 Å². The summed E-state index contributed by atoms with van der Waals surface area (Å²) in [6.07, 6.45) is 0. The third-order valence-corrected chi connectivity index (χ3v) is 4.33. The van der Waals surface area contributed by atoms with Gasteiger partial charge in [-0.25, -0.2) is 0 Å². The van der Waals surface area contributed by atoms with Crippen LogP contribution in [0.25, 0.3) is 11.3 Å². The van der Waals surface area contributed by atoms with Gasteiger partial charge in [-0.05, 0) is 24.6 Å². The number of hydrogen-bond acceptors (Lipinski definition) is 5. The summed E-state index contributed by atoms with van der Waals surface area (Å²) < 4.78 is 16.0. The fourth-order valence-corrected chi connectivity index (χ4v) is 2.99. The molecule has 6 nitrogen and oxygen atoms in total. The van der Waals surface area contributed by atoms with Crippen LogP contribution in [-0.2, 0) is 6.54 Å². The number of nitrogens with zero attached hydrogens (tertiary/aromatic N) is 2. The second-order valence-corrected chi connectivity index (χ2v) is 6.18. The number of rotatable bonds is 4. The van der Waals surface area contributed by atoms with Crippen molar-refractivity contribution < 1.29 is 18.8 Å². The SMILES string of the molecule is Cc1onc(-c2ccccc2)c1C(=O)N(C)Cc1ccc2c(c1)OCO2. The molecule has 0 spiro atoms. The maximum atomic E-state index is 13.0. The van der Waals surface area contributed by atoms with Gasteiger partial charge in [0.1, 0.15) is 17.0 Å². The van der Waals surface area contributed by atoms with E-state index in [9.17, 15) is 4.79 Å². The quantitative estimate of drug-likeness (QED) is 0.719. The van der Waals surface area contributed by atoms with Crippen LogP contribution in [0.3, 0.4) is 0 Å². The molecule has 0 fully saturated rings. The zero-order chi connectivity index (χ0) is 18.1. The molecule has 1 amide bonds. The average Bonchev–Trinajstić information content (AvgIpc) is 3.27. The minimum absolute atomic E-state index is 0.139. The Bertz CT molecular complexity index is 950. The highest BCUT2D eigenvalue weighted by Crippen LogP contribution is 2.33. The molecule has 2 heterocycles.